The number of nitrogens with one attached hydrogen (secondary N) is 2. The number of halogens is 1. The molecular formula is C22H24AuClN5S-. The van der Waals surface area contributed by atoms with Gasteiger partial charge in [-0.3, -0.25) is 5.43 Å². The van der Waals surface area contributed by atoms with Crippen LogP contribution in [0.25, 0.3) is 0 Å². The Bertz CT molecular complexity index is 862. The second kappa shape index (κ2) is 16.7. The number of hydrogen-bond donors (Lipinski definition) is 2. The van der Waals surface area contributed by atoms with Gasteiger partial charge in [-0.2, -0.15) is 45.7 Å². The van der Waals surface area contributed by atoms with Crippen molar-refractivity contribution < 1.29 is 24.9 Å². The molecule has 0 unspecified atom stereocenters. The Morgan fingerprint density at radius 3 is 2.13 bits per heavy atom. The normalized spacial score (nSPS) is 10.7. The van der Waals surface area contributed by atoms with Crippen molar-refractivity contribution in [1.82, 2.24) is 0 Å². The van der Waals surface area contributed by atoms with E-state index in [-0.39, 0.29) is 5.17 Å². The molecule has 3 aromatic carbocycles. The predicted octanol–water partition coefficient (Wildman–Crippen LogP) is 4.52. The Morgan fingerprint density at radius 1 is 0.967 bits per heavy atom. The Hall–Kier alpha value is -2.06. The van der Waals surface area contributed by atoms with Crippen LogP contribution in [0.2, 0.25) is 0 Å². The summed E-state index contributed by atoms with van der Waals surface area (Å²) in [7, 11) is 8.86. The van der Waals surface area contributed by atoms with Crippen LogP contribution in [0, 0.1) is 6.07 Å². The molecule has 3 rings (SSSR count). The molecule has 0 atom stereocenters. The number of nitrogens with zero attached hydrogens (tertiary/aromatic N) is 3. The van der Waals surface area contributed by atoms with Gasteiger partial charge in [0.25, 0.3) is 0 Å². The van der Waals surface area contributed by atoms with E-state index in [4.69, 9.17) is 12.6 Å². The maximum absolute atomic E-state index is 4.96. The third-order valence-electron chi connectivity index (χ3n) is 3.38. The molecule has 162 valence electrons. The zero-order valence-corrected chi connectivity index (χ0v) is 20.5. The van der Waals surface area contributed by atoms with Crippen LogP contribution in [0.3, 0.4) is 0 Å². The number of hydrazone groups is 1. The Morgan fingerprint density at radius 2 is 1.57 bits per heavy atom. The summed E-state index contributed by atoms with van der Waals surface area (Å²) in [6, 6.07) is 30.2. The third-order valence-corrected chi connectivity index (χ3v) is 3.55. The van der Waals surface area contributed by atoms with Crippen molar-refractivity contribution in [2.45, 2.75) is 6.54 Å². The van der Waals surface area contributed by atoms with Crippen LogP contribution in [0.4, 0.5) is 11.4 Å². The van der Waals surface area contributed by atoms with Gasteiger partial charge in [-0.25, -0.2) is 0 Å². The van der Waals surface area contributed by atoms with E-state index >= 15 is 0 Å². The SMILES string of the molecule is C[NH+](C)Cc1[c-]cccc1.[Cl][Au].[S-]C(N=Nc1ccccc1)=NNc1ccccc1. The molecule has 0 aliphatic rings. The zero-order chi connectivity index (χ0) is 22.0. The first-order valence-electron chi connectivity index (χ1n) is 9.02. The topological polar surface area (TPSA) is 53.5 Å². The average molecular weight is 623 g/mol. The first-order valence-corrected chi connectivity index (χ1v) is 12.1. The fraction of sp³-hybridized carbons (Fsp3) is 0.136. The van der Waals surface area contributed by atoms with Crippen molar-refractivity contribution in [2.75, 3.05) is 19.5 Å². The second-order valence-electron chi connectivity index (χ2n) is 6.18. The number of quaternary nitrogens is 1. The van der Waals surface area contributed by atoms with E-state index in [1.54, 1.807) is 20.0 Å². The zero-order valence-electron chi connectivity index (χ0n) is 16.7. The Labute approximate surface area is 200 Å². The number of rotatable bonds is 5. The average Bonchev–Trinajstić information content (AvgIpc) is 2.80. The van der Waals surface area contributed by atoms with Gasteiger partial charge in [-0.05, 0) is 24.3 Å². The summed E-state index contributed by atoms with van der Waals surface area (Å²) in [6.07, 6.45) is 0. The maximum Gasteiger partial charge on any atom is 0.0856 e. The van der Waals surface area contributed by atoms with Crippen LogP contribution in [0.15, 0.2) is 100 Å². The van der Waals surface area contributed by atoms with Gasteiger partial charge in [-0.1, -0.05) is 36.4 Å². The first-order chi connectivity index (χ1) is 14.6. The van der Waals surface area contributed by atoms with Crippen molar-refractivity contribution in [2.24, 2.45) is 15.3 Å². The molecule has 0 bridgehead atoms. The van der Waals surface area contributed by atoms with E-state index in [0.717, 1.165) is 17.9 Å². The van der Waals surface area contributed by atoms with Crippen molar-refractivity contribution in [1.29, 1.82) is 0 Å². The van der Waals surface area contributed by atoms with Gasteiger partial charge in [0, 0.05) is 0 Å². The first kappa shape index (κ1) is 26.0. The molecule has 0 aliphatic carbocycles. The van der Waals surface area contributed by atoms with Gasteiger partial charge >= 0.3 is 29.2 Å². The molecular weight excluding hydrogens is 599 g/mol. The predicted molar refractivity (Wildman–Crippen MR) is 123 cm³/mol. The summed E-state index contributed by atoms with van der Waals surface area (Å²) in [5.41, 5.74) is 5.69. The smallest absolute Gasteiger partial charge is 0.0856 e. The molecule has 0 fully saturated rings. The van der Waals surface area contributed by atoms with Crippen molar-refractivity contribution in [3.05, 3.63) is 96.6 Å². The summed E-state index contributed by atoms with van der Waals surface area (Å²) >= 11 is 6.71. The quantitative estimate of drug-likeness (QED) is 0.0837. The molecule has 0 aromatic heterocycles. The minimum absolute atomic E-state index is 0.155. The molecule has 3 aromatic rings. The van der Waals surface area contributed by atoms with E-state index < -0.39 is 0 Å². The van der Waals surface area contributed by atoms with Crippen LogP contribution in [-0.4, -0.2) is 19.3 Å². The number of anilines is 1. The summed E-state index contributed by atoms with van der Waals surface area (Å²) in [5.74, 6) is 0. The van der Waals surface area contributed by atoms with Crippen molar-refractivity contribution >= 4 is 38.4 Å². The standard InChI is InChI=1S/C13H12N4S.C9H12N.Au.ClH/c18-13(16-14-11-7-3-1-4-8-11)17-15-12-9-5-2-6-10-12;1-10(2)8-9-6-4-3-5-7-9;;/h1-10,14H,(H,16,18);3-6H,8H2,1-2H3;;1H/q;-1;+1;/p-1. The fourth-order valence-corrected chi connectivity index (χ4v) is 2.25. The molecule has 0 heterocycles. The van der Waals surface area contributed by atoms with Crippen LogP contribution in [0.1, 0.15) is 5.56 Å². The van der Waals surface area contributed by atoms with E-state index in [1.165, 1.54) is 10.5 Å². The molecule has 0 aliphatic heterocycles. The monoisotopic (exact) mass is 622 g/mol. The van der Waals surface area contributed by atoms with E-state index in [9.17, 15) is 0 Å². The van der Waals surface area contributed by atoms with Gasteiger partial charge in [0.1, 0.15) is 0 Å². The van der Waals surface area contributed by atoms with E-state index in [2.05, 4.69) is 62.2 Å². The summed E-state index contributed by atoms with van der Waals surface area (Å²) in [4.78, 5) is 1.43. The molecule has 5 nitrogen and oxygen atoms in total. The number of amidine groups is 1. The van der Waals surface area contributed by atoms with Gasteiger partial charge < -0.3 is 17.5 Å². The second-order valence-corrected chi connectivity index (χ2v) is 6.54. The number of benzene rings is 3. The molecule has 0 amide bonds. The Kier molecular flexibility index (Phi) is 14.5. The van der Waals surface area contributed by atoms with E-state index in [1.807, 2.05) is 72.8 Å². The third kappa shape index (κ3) is 12.5. The molecule has 8 heteroatoms. The van der Waals surface area contributed by atoms with E-state index in [0.29, 0.717) is 0 Å². The van der Waals surface area contributed by atoms with Gasteiger partial charge in [-0.15, -0.1) is 5.56 Å². The van der Waals surface area contributed by atoms with Crippen LogP contribution < -0.4 is 10.3 Å². The number of hydrogen-bond acceptors (Lipinski definition) is 4. The minimum atomic E-state index is 0.155. The van der Waals surface area contributed by atoms with Crippen LogP contribution in [0.5, 0.6) is 0 Å². The molecule has 0 radical (unpaired) electrons. The summed E-state index contributed by atoms with van der Waals surface area (Å²) in [5, 5.41) is 11.9. The molecule has 0 spiro atoms. The maximum atomic E-state index is 4.96. The van der Waals surface area contributed by atoms with Crippen molar-refractivity contribution in [3.8, 4) is 0 Å². The van der Waals surface area contributed by atoms with Crippen LogP contribution >= 0.6 is 9.19 Å². The number of para-hydroxylation sites is 1. The molecule has 0 saturated carbocycles. The van der Waals surface area contributed by atoms with Crippen molar-refractivity contribution in [3.63, 3.8) is 0 Å². The fourth-order valence-electron chi connectivity index (χ4n) is 2.16. The molecule has 2 N–H and O–H groups in total. The number of azo groups is 1. The molecule has 30 heavy (non-hydrogen) atoms. The van der Waals surface area contributed by atoms with Gasteiger partial charge in [0.2, 0.25) is 0 Å². The van der Waals surface area contributed by atoms with Crippen LogP contribution in [-0.2, 0) is 39.2 Å². The largest absolute Gasteiger partial charge is 0.737 e. The van der Waals surface area contributed by atoms with Gasteiger partial charge in [0.05, 0.1) is 37.2 Å². The summed E-state index contributed by atoms with van der Waals surface area (Å²) in [6.45, 7) is 1.06. The van der Waals surface area contributed by atoms with Gasteiger partial charge in [0.15, 0.2) is 0 Å². The molecule has 0 saturated heterocycles. The minimum Gasteiger partial charge on any atom is -0.737 e. The summed E-state index contributed by atoms with van der Waals surface area (Å²) < 4.78 is 0. The Balaban J connectivity index is 0.000000318.